The lowest BCUT2D eigenvalue weighted by Gasteiger charge is -2.20. The molecule has 0 heterocycles. The zero-order valence-electron chi connectivity index (χ0n) is 8.44. The first-order valence-corrected chi connectivity index (χ1v) is 4.75. The van der Waals surface area contributed by atoms with Crippen LogP contribution >= 0.6 is 12.6 Å². The van der Waals surface area contributed by atoms with Crippen molar-refractivity contribution in [3.63, 3.8) is 0 Å². The highest BCUT2D eigenvalue weighted by molar-refractivity contribution is 7.80. The average Bonchev–Trinajstić information content (AvgIpc) is 2.01. The fourth-order valence-electron chi connectivity index (χ4n) is 1.27. The molecule has 76 valence electrons. The van der Waals surface area contributed by atoms with Crippen molar-refractivity contribution in [3.8, 4) is 0 Å². The maximum Gasteiger partial charge on any atom is 0.270 e. The summed E-state index contributed by atoms with van der Waals surface area (Å²) in [5.74, 6) is 0. The van der Waals surface area contributed by atoms with Crippen LogP contribution in [-0.4, -0.2) is 4.92 Å². The summed E-state index contributed by atoms with van der Waals surface area (Å²) in [6.45, 7) is 6.15. The Morgan fingerprint density at radius 2 is 1.93 bits per heavy atom. The molecule has 0 saturated heterocycles. The average molecular weight is 211 g/mol. The minimum Gasteiger partial charge on any atom is -0.258 e. The number of rotatable bonds is 1. The molecule has 0 N–H and O–H groups in total. The molecule has 0 spiro atoms. The van der Waals surface area contributed by atoms with Gasteiger partial charge in [-0.2, -0.15) is 0 Å². The van der Waals surface area contributed by atoms with Crippen LogP contribution in [0.4, 0.5) is 5.69 Å². The predicted molar refractivity (Wildman–Crippen MR) is 59.0 cm³/mol. The Kier molecular flexibility index (Phi) is 2.85. The minimum atomic E-state index is -0.411. The number of thiol groups is 1. The number of nitro benzene ring substituents is 1. The van der Waals surface area contributed by atoms with Crippen LogP contribution in [0.25, 0.3) is 0 Å². The van der Waals surface area contributed by atoms with Crippen molar-refractivity contribution in [1.29, 1.82) is 0 Å². The van der Waals surface area contributed by atoms with Gasteiger partial charge in [0.15, 0.2) is 0 Å². The van der Waals surface area contributed by atoms with Crippen LogP contribution in [0, 0.1) is 10.1 Å². The number of hydrogen-bond acceptors (Lipinski definition) is 3. The molecule has 0 amide bonds. The first kappa shape index (κ1) is 11.0. The summed E-state index contributed by atoms with van der Waals surface area (Å²) in [5, 5.41) is 10.5. The molecular formula is C10H13NO2S. The second-order valence-electron chi connectivity index (χ2n) is 4.21. The highest BCUT2D eigenvalue weighted by Crippen LogP contribution is 2.30. The lowest BCUT2D eigenvalue weighted by molar-refractivity contribution is -0.385. The molecule has 0 fully saturated rings. The third-order valence-corrected chi connectivity index (χ3v) is 2.37. The first-order valence-electron chi connectivity index (χ1n) is 4.30. The summed E-state index contributed by atoms with van der Waals surface area (Å²) in [4.78, 5) is 10.7. The van der Waals surface area contributed by atoms with Gasteiger partial charge in [0.2, 0.25) is 0 Å². The molecule has 0 aromatic heterocycles. The number of hydrogen-bond donors (Lipinski definition) is 1. The van der Waals surface area contributed by atoms with Crippen LogP contribution in [0.2, 0.25) is 0 Å². The summed E-state index contributed by atoms with van der Waals surface area (Å²) in [6.07, 6.45) is 0. The highest BCUT2D eigenvalue weighted by atomic mass is 32.1. The molecule has 0 atom stereocenters. The molecule has 0 unspecified atom stereocenters. The molecule has 0 aliphatic rings. The number of benzene rings is 1. The Balaban J connectivity index is 3.21. The zero-order chi connectivity index (χ0) is 10.9. The largest absolute Gasteiger partial charge is 0.270 e. The Morgan fingerprint density at radius 1 is 1.36 bits per heavy atom. The minimum absolute atomic E-state index is 0.0355. The van der Waals surface area contributed by atoms with Crippen molar-refractivity contribution in [2.45, 2.75) is 31.1 Å². The molecule has 0 aliphatic carbocycles. The molecule has 0 radical (unpaired) electrons. The van der Waals surface area contributed by atoms with E-state index < -0.39 is 4.92 Å². The van der Waals surface area contributed by atoms with Crippen molar-refractivity contribution >= 4 is 18.3 Å². The van der Waals surface area contributed by atoms with Crippen molar-refractivity contribution < 1.29 is 4.92 Å². The van der Waals surface area contributed by atoms with Crippen molar-refractivity contribution in [2.75, 3.05) is 0 Å². The van der Waals surface area contributed by atoms with Gasteiger partial charge >= 0.3 is 0 Å². The molecule has 4 heteroatoms. The summed E-state index contributed by atoms with van der Waals surface area (Å²) in [5.41, 5.74) is 1.07. The van der Waals surface area contributed by atoms with Crippen LogP contribution in [-0.2, 0) is 5.41 Å². The second kappa shape index (κ2) is 3.61. The van der Waals surface area contributed by atoms with E-state index in [2.05, 4.69) is 12.6 Å². The molecule has 14 heavy (non-hydrogen) atoms. The third-order valence-electron chi connectivity index (χ3n) is 2.00. The van der Waals surface area contributed by atoms with E-state index in [0.717, 1.165) is 5.56 Å². The Morgan fingerprint density at radius 3 is 2.29 bits per heavy atom. The molecule has 1 aromatic carbocycles. The molecule has 0 saturated carbocycles. The van der Waals surface area contributed by atoms with Crippen LogP contribution in [0.3, 0.4) is 0 Å². The molecule has 1 rings (SSSR count). The van der Waals surface area contributed by atoms with Gasteiger partial charge in [-0.15, -0.1) is 12.6 Å². The van der Waals surface area contributed by atoms with Gasteiger partial charge in [0.25, 0.3) is 5.69 Å². The van der Waals surface area contributed by atoms with Crippen LogP contribution in [0.15, 0.2) is 23.1 Å². The summed E-state index contributed by atoms with van der Waals surface area (Å²) >= 11 is 4.25. The van der Waals surface area contributed by atoms with Gasteiger partial charge in [-0.1, -0.05) is 26.8 Å². The lowest BCUT2D eigenvalue weighted by atomic mass is 9.87. The Labute approximate surface area is 88.7 Å². The van der Waals surface area contributed by atoms with Crippen molar-refractivity contribution in [3.05, 3.63) is 33.9 Å². The van der Waals surface area contributed by atoms with Crippen LogP contribution in [0.1, 0.15) is 26.3 Å². The van der Waals surface area contributed by atoms with Gasteiger partial charge in [-0.3, -0.25) is 10.1 Å². The van der Waals surface area contributed by atoms with Crippen molar-refractivity contribution in [2.24, 2.45) is 0 Å². The van der Waals surface area contributed by atoms with Gasteiger partial charge in [0.1, 0.15) is 0 Å². The summed E-state index contributed by atoms with van der Waals surface area (Å²) in [6, 6.07) is 4.77. The quantitative estimate of drug-likeness (QED) is 0.440. The molecule has 0 aliphatic heterocycles. The molecule has 1 aromatic rings. The van der Waals surface area contributed by atoms with E-state index in [0.29, 0.717) is 4.90 Å². The highest BCUT2D eigenvalue weighted by Gasteiger charge is 2.18. The SMILES string of the molecule is CC(C)(C)c1ccc([N+](=O)[O-])cc1S. The number of nitro groups is 1. The fraction of sp³-hybridized carbons (Fsp3) is 0.400. The Bertz CT molecular complexity index is 369. The van der Waals surface area contributed by atoms with Gasteiger partial charge in [-0.05, 0) is 11.0 Å². The van der Waals surface area contributed by atoms with Gasteiger partial charge < -0.3 is 0 Å². The lowest BCUT2D eigenvalue weighted by Crippen LogP contribution is -2.12. The summed E-state index contributed by atoms with van der Waals surface area (Å²) < 4.78 is 0. The van der Waals surface area contributed by atoms with Gasteiger partial charge in [-0.25, -0.2) is 0 Å². The van der Waals surface area contributed by atoms with E-state index in [1.807, 2.05) is 20.8 Å². The van der Waals surface area contributed by atoms with E-state index in [1.54, 1.807) is 6.07 Å². The number of non-ortho nitro benzene ring substituents is 1. The Hall–Kier alpha value is -1.03. The fourth-order valence-corrected chi connectivity index (χ4v) is 1.81. The smallest absolute Gasteiger partial charge is 0.258 e. The van der Waals surface area contributed by atoms with Crippen LogP contribution in [0.5, 0.6) is 0 Å². The van der Waals surface area contributed by atoms with E-state index in [-0.39, 0.29) is 11.1 Å². The first-order chi connectivity index (χ1) is 6.32. The van der Waals surface area contributed by atoms with E-state index >= 15 is 0 Å². The van der Waals surface area contributed by atoms with E-state index in [4.69, 9.17) is 0 Å². The van der Waals surface area contributed by atoms with E-state index in [9.17, 15) is 10.1 Å². The molecule has 0 bridgehead atoms. The van der Waals surface area contributed by atoms with Crippen molar-refractivity contribution in [1.82, 2.24) is 0 Å². The zero-order valence-corrected chi connectivity index (χ0v) is 9.34. The molecule has 3 nitrogen and oxygen atoms in total. The monoisotopic (exact) mass is 211 g/mol. The van der Waals surface area contributed by atoms with Crippen LogP contribution < -0.4 is 0 Å². The topological polar surface area (TPSA) is 43.1 Å². The maximum atomic E-state index is 10.5. The summed E-state index contributed by atoms with van der Waals surface area (Å²) in [7, 11) is 0. The normalized spacial score (nSPS) is 11.4. The third kappa shape index (κ3) is 2.26. The second-order valence-corrected chi connectivity index (χ2v) is 4.69. The predicted octanol–water partition coefficient (Wildman–Crippen LogP) is 3.18. The number of nitrogens with zero attached hydrogens (tertiary/aromatic N) is 1. The standard InChI is InChI=1S/C10H13NO2S/c1-10(2,3)8-5-4-7(11(12)13)6-9(8)14/h4-6,14H,1-3H3. The van der Waals surface area contributed by atoms with Gasteiger partial charge in [0, 0.05) is 17.0 Å². The molecular weight excluding hydrogens is 198 g/mol. The maximum absolute atomic E-state index is 10.5. The van der Waals surface area contributed by atoms with Gasteiger partial charge in [0.05, 0.1) is 4.92 Å². The van der Waals surface area contributed by atoms with E-state index in [1.165, 1.54) is 12.1 Å².